The molecule has 0 fully saturated rings. The average molecular weight is 250 g/mol. The van der Waals surface area contributed by atoms with E-state index in [0.29, 0.717) is 6.54 Å². The molecule has 0 spiro atoms. The smallest absolute Gasteiger partial charge is 0.237 e. The highest BCUT2D eigenvalue weighted by atomic mass is 16.5. The number of benzene rings is 1. The normalized spacial score (nSPS) is 13.8. The quantitative estimate of drug-likeness (QED) is 0.807. The molecule has 0 heterocycles. The van der Waals surface area contributed by atoms with Gasteiger partial charge in [0.15, 0.2) is 0 Å². The van der Waals surface area contributed by atoms with Crippen LogP contribution in [0.4, 0.5) is 0 Å². The van der Waals surface area contributed by atoms with Crippen LogP contribution in [0, 0.1) is 5.92 Å². The van der Waals surface area contributed by atoms with E-state index < -0.39 is 6.04 Å². The minimum atomic E-state index is -0.454. The molecule has 4 nitrogen and oxygen atoms in total. The van der Waals surface area contributed by atoms with Gasteiger partial charge in [0.2, 0.25) is 5.91 Å². The van der Waals surface area contributed by atoms with E-state index in [9.17, 15) is 4.79 Å². The third-order valence-electron chi connectivity index (χ3n) is 3.21. The Morgan fingerprint density at radius 3 is 2.72 bits per heavy atom. The summed E-state index contributed by atoms with van der Waals surface area (Å²) in [6.07, 6.45) is 0.892. The molecule has 0 aromatic heterocycles. The highest BCUT2D eigenvalue weighted by Gasteiger charge is 2.19. The van der Waals surface area contributed by atoms with Crippen LogP contribution in [-0.4, -0.2) is 19.1 Å². The Morgan fingerprint density at radius 2 is 2.11 bits per heavy atom. The van der Waals surface area contributed by atoms with E-state index >= 15 is 0 Å². The molecule has 0 bridgehead atoms. The summed E-state index contributed by atoms with van der Waals surface area (Å²) in [6, 6.07) is 7.15. The van der Waals surface area contributed by atoms with Crippen molar-refractivity contribution in [1.82, 2.24) is 5.32 Å². The fraction of sp³-hybridized carbons (Fsp3) is 0.500. The number of nitrogens with one attached hydrogen (secondary N) is 1. The lowest BCUT2D eigenvalue weighted by molar-refractivity contribution is -0.123. The molecule has 3 N–H and O–H groups in total. The Labute approximate surface area is 109 Å². The number of hydrogen-bond donors (Lipinski definition) is 2. The average Bonchev–Trinajstić information content (AvgIpc) is 2.43. The number of carbonyl (C=O) groups is 1. The van der Waals surface area contributed by atoms with Crippen LogP contribution in [0.2, 0.25) is 0 Å². The van der Waals surface area contributed by atoms with Crippen LogP contribution in [0.1, 0.15) is 25.8 Å². The molecule has 1 aromatic rings. The Hall–Kier alpha value is -1.55. The number of hydrogen-bond acceptors (Lipinski definition) is 3. The van der Waals surface area contributed by atoms with Gasteiger partial charge in [-0.05, 0) is 12.0 Å². The maximum Gasteiger partial charge on any atom is 0.237 e. The van der Waals surface area contributed by atoms with Crippen LogP contribution in [-0.2, 0) is 11.3 Å². The predicted molar refractivity (Wildman–Crippen MR) is 72.3 cm³/mol. The van der Waals surface area contributed by atoms with Crippen LogP contribution in [0.15, 0.2) is 24.3 Å². The second-order valence-corrected chi connectivity index (χ2v) is 4.44. The molecule has 0 aliphatic rings. The van der Waals surface area contributed by atoms with Crippen molar-refractivity contribution in [2.45, 2.75) is 32.9 Å². The number of amides is 1. The van der Waals surface area contributed by atoms with Crippen molar-refractivity contribution in [1.29, 1.82) is 0 Å². The summed E-state index contributed by atoms with van der Waals surface area (Å²) >= 11 is 0. The van der Waals surface area contributed by atoms with Gasteiger partial charge in [0, 0.05) is 12.1 Å². The van der Waals surface area contributed by atoms with Crippen molar-refractivity contribution in [2.24, 2.45) is 11.7 Å². The van der Waals surface area contributed by atoms with Crippen molar-refractivity contribution in [3.63, 3.8) is 0 Å². The minimum Gasteiger partial charge on any atom is -0.496 e. The first kappa shape index (κ1) is 14.5. The summed E-state index contributed by atoms with van der Waals surface area (Å²) in [4.78, 5) is 11.8. The lowest BCUT2D eigenvalue weighted by Crippen LogP contribution is -2.44. The molecular weight excluding hydrogens is 228 g/mol. The molecule has 100 valence electrons. The van der Waals surface area contributed by atoms with Crippen LogP contribution >= 0.6 is 0 Å². The van der Waals surface area contributed by atoms with Gasteiger partial charge in [0.25, 0.3) is 0 Å². The van der Waals surface area contributed by atoms with Crippen LogP contribution in [0.25, 0.3) is 0 Å². The molecule has 1 unspecified atom stereocenters. The van der Waals surface area contributed by atoms with Gasteiger partial charge in [-0.3, -0.25) is 4.79 Å². The van der Waals surface area contributed by atoms with E-state index in [1.807, 2.05) is 38.1 Å². The second kappa shape index (κ2) is 7.01. The molecule has 2 atom stereocenters. The van der Waals surface area contributed by atoms with Gasteiger partial charge in [-0.15, -0.1) is 0 Å². The predicted octanol–water partition coefficient (Wildman–Crippen LogP) is 1.68. The monoisotopic (exact) mass is 250 g/mol. The van der Waals surface area contributed by atoms with Gasteiger partial charge in [0.1, 0.15) is 5.75 Å². The lowest BCUT2D eigenvalue weighted by Gasteiger charge is -2.18. The molecule has 0 aliphatic heterocycles. The van der Waals surface area contributed by atoms with Crippen LogP contribution < -0.4 is 15.8 Å². The zero-order valence-electron chi connectivity index (χ0n) is 11.3. The largest absolute Gasteiger partial charge is 0.496 e. The number of methoxy groups -OCH3 is 1. The molecule has 0 saturated heterocycles. The van der Waals surface area contributed by atoms with E-state index in [1.54, 1.807) is 7.11 Å². The zero-order valence-corrected chi connectivity index (χ0v) is 11.3. The van der Waals surface area contributed by atoms with Crippen LogP contribution in [0.5, 0.6) is 5.75 Å². The molecule has 18 heavy (non-hydrogen) atoms. The van der Waals surface area contributed by atoms with Gasteiger partial charge in [0.05, 0.1) is 13.2 Å². The number of ether oxygens (including phenoxy) is 1. The zero-order chi connectivity index (χ0) is 13.5. The topological polar surface area (TPSA) is 64.4 Å². The van der Waals surface area contributed by atoms with Crippen molar-refractivity contribution in [2.75, 3.05) is 7.11 Å². The summed E-state index contributed by atoms with van der Waals surface area (Å²) in [5.74, 6) is 0.841. The lowest BCUT2D eigenvalue weighted by atomic mass is 9.99. The third kappa shape index (κ3) is 3.74. The summed E-state index contributed by atoms with van der Waals surface area (Å²) in [7, 11) is 1.62. The summed E-state index contributed by atoms with van der Waals surface area (Å²) in [5, 5.41) is 2.84. The Morgan fingerprint density at radius 1 is 1.44 bits per heavy atom. The van der Waals surface area contributed by atoms with Crippen molar-refractivity contribution >= 4 is 5.91 Å². The van der Waals surface area contributed by atoms with Gasteiger partial charge < -0.3 is 15.8 Å². The number of para-hydroxylation sites is 1. The highest BCUT2D eigenvalue weighted by molar-refractivity contribution is 5.81. The van der Waals surface area contributed by atoms with Crippen molar-refractivity contribution in [3.05, 3.63) is 29.8 Å². The Balaban J connectivity index is 2.57. The van der Waals surface area contributed by atoms with Crippen LogP contribution in [0.3, 0.4) is 0 Å². The van der Waals surface area contributed by atoms with Gasteiger partial charge in [-0.2, -0.15) is 0 Å². The minimum absolute atomic E-state index is 0.116. The molecular formula is C14H22N2O2. The Bertz CT molecular complexity index is 393. The molecule has 0 radical (unpaired) electrons. The molecule has 1 aromatic carbocycles. The molecule has 0 aliphatic carbocycles. The molecule has 4 heteroatoms. The number of carbonyl (C=O) groups excluding carboxylic acids is 1. The second-order valence-electron chi connectivity index (χ2n) is 4.44. The number of rotatable bonds is 6. The van der Waals surface area contributed by atoms with Gasteiger partial charge >= 0.3 is 0 Å². The first-order chi connectivity index (χ1) is 8.60. The van der Waals surface area contributed by atoms with E-state index in [-0.39, 0.29) is 11.8 Å². The van der Waals surface area contributed by atoms with E-state index in [0.717, 1.165) is 17.7 Å². The molecule has 0 saturated carbocycles. The van der Waals surface area contributed by atoms with E-state index in [4.69, 9.17) is 10.5 Å². The van der Waals surface area contributed by atoms with Gasteiger partial charge in [-0.1, -0.05) is 38.5 Å². The fourth-order valence-corrected chi connectivity index (χ4v) is 1.66. The van der Waals surface area contributed by atoms with Crippen molar-refractivity contribution < 1.29 is 9.53 Å². The molecule has 1 rings (SSSR count). The summed E-state index contributed by atoms with van der Waals surface area (Å²) in [5.41, 5.74) is 6.81. The maximum atomic E-state index is 11.8. The molecule has 1 amide bonds. The summed E-state index contributed by atoms with van der Waals surface area (Å²) < 4.78 is 5.22. The standard InChI is InChI=1S/C14H22N2O2/c1-4-10(2)13(15)14(17)16-9-11-7-5-6-8-12(11)18-3/h5-8,10,13H,4,9,15H2,1-3H3,(H,16,17)/t10?,13-/m0/s1. The third-order valence-corrected chi connectivity index (χ3v) is 3.21. The maximum absolute atomic E-state index is 11.8. The number of nitrogens with two attached hydrogens (primary N) is 1. The fourth-order valence-electron chi connectivity index (χ4n) is 1.66. The SMILES string of the molecule is CCC(C)[C@H](N)C(=O)NCc1ccccc1OC. The van der Waals surface area contributed by atoms with Gasteiger partial charge in [-0.25, -0.2) is 0 Å². The first-order valence-electron chi connectivity index (χ1n) is 6.25. The Kier molecular flexibility index (Phi) is 5.65. The highest BCUT2D eigenvalue weighted by Crippen LogP contribution is 2.16. The first-order valence-corrected chi connectivity index (χ1v) is 6.25. The van der Waals surface area contributed by atoms with E-state index in [1.165, 1.54) is 0 Å². The van der Waals surface area contributed by atoms with Crippen molar-refractivity contribution in [3.8, 4) is 5.75 Å². The van der Waals surface area contributed by atoms with E-state index in [2.05, 4.69) is 5.32 Å². The summed E-state index contributed by atoms with van der Waals surface area (Å²) in [6.45, 7) is 4.44.